The number of hydrogen-bond acceptors (Lipinski definition) is 4. The topological polar surface area (TPSA) is 54.1 Å². The van der Waals surface area contributed by atoms with E-state index in [0.717, 1.165) is 42.9 Å². The average Bonchev–Trinajstić information content (AvgIpc) is 2.68. The fourth-order valence-corrected chi connectivity index (χ4v) is 3.21. The van der Waals surface area contributed by atoms with Crippen LogP contribution in [-0.4, -0.2) is 61.6 Å². The summed E-state index contributed by atoms with van der Waals surface area (Å²) < 4.78 is 5.84. The zero-order valence-corrected chi connectivity index (χ0v) is 19.8. The fraction of sp³-hybridized carbons (Fsp3) is 0.417. The molecule has 0 amide bonds. The molecule has 0 fully saturated rings. The van der Waals surface area contributed by atoms with E-state index in [9.17, 15) is 0 Å². The molecule has 0 atom stereocenters. The highest BCUT2D eigenvalue weighted by Gasteiger charge is 2.10. The van der Waals surface area contributed by atoms with Gasteiger partial charge >= 0.3 is 0 Å². The Balaban J connectivity index is 2.01. The van der Waals surface area contributed by atoms with Gasteiger partial charge in [0.1, 0.15) is 11.6 Å². The Bertz CT molecular complexity index is 891. The minimum Gasteiger partial charge on any atom is -0.430 e. The minimum atomic E-state index is 0.117. The van der Waals surface area contributed by atoms with Crippen LogP contribution in [0.1, 0.15) is 27.8 Å². The van der Waals surface area contributed by atoms with Crippen molar-refractivity contribution in [3.63, 3.8) is 0 Å². The van der Waals surface area contributed by atoms with Gasteiger partial charge in [-0.1, -0.05) is 35.9 Å². The number of aryl methyl sites for hydroxylation is 3. The molecule has 0 heterocycles. The predicted molar refractivity (Wildman–Crippen MR) is 131 cm³/mol. The van der Waals surface area contributed by atoms with E-state index in [0.29, 0.717) is 5.84 Å². The summed E-state index contributed by atoms with van der Waals surface area (Å²) in [6.45, 7) is 9.30. The molecule has 0 aliphatic carbocycles. The summed E-state index contributed by atoms with van der Waals surface area (Å²) in [7, 11) is 6.37. The molecule has 0 spiro atoms. The normalized spacial score (nSPS) is 11.9. The molecule has 0 aliphatic rings. The molecule has 0 aromatic heterocycles. The maximum Gasteiger partial charge on any atom is 0.290 e. The van der Waals surface area contributed by atoms with Crippen molar-refractivity contribution in [2.75, 3.05) is 40.8 Å². The first-order chi connectivity index (χ1) is 14.2. The van der Waals surface area contributed by atoms with Crippen LogP contribution in [0.4, 0.5) is 0 Å². The van der Waals surface area contributed by atoms with Gasteiger partial charge in [-0.25, -0.2) is 0 Å². The Morgan fingerprint density at radius 2 is 1.63 bits per heavy atom. The van der Waals surface area contributed by atoms with E-state index < -0.39 is 0 Å². The third-order valence-electron chi connectivity index (χ3n) is 5.08. The molecule has 0 aliphatic heterocycles. The van der Waals surface area contributed by atoms with Crippen LogP contribution in [0.15, 0.2) is 41.4 Å². The maximum absolute atomic E-state index is 6.08. The molecule has 6 heteroatoms. The van der Waals surface area contributed by atoms with Crippen LogP contribution in [0.25, 0.3) is 0 Å². The van der Waals surface area contributed by atoms with Gasteiger partial charge in [0.05, 0.1) is 0 Å². The number of benzene rings is 2. The first-order valence-corrected chi connectivity index (χ1v) is 10.6. The molecule has 2 N–H and O–H groups in total. The number of rotatable bonds is 8. The monoisotopic (exact) mass is 426 g/mol. The van der Waals surface area contributed by atoms with Crippen molar-refractivity contribution in [3.8, 4) is 5.75 Å². The lowest BCUT2D eigenvalue weighted by Gasteiger charge is -2.20. The first kappa shape index (κ1) is 24.0. The Kier molecular flexibility index (Phi) is 8.96. The van der Waals surface area contributed by atoms with Gasteiger partial charge < -0.3 is 20.3 Å². The van der Waals surface area contributed by atoms with Crippen LogP contribution in [0.2, 0.25) is 0 Å². The minimum absolute atomic E-state index is 0.117. The Labute approximate surface area is 186 Å². The third-order valence-corrected chi connectivity index (χ3v) is 5.26. The quantitative estimate of drug-likeness (QED) is 0.396. The van der Waals surface area contributed by atoms with Crippen molar-refractivity contribution in [2.45, 2.75) is 27.2 Å². The van der Waals surface area contributed by atoms with Crippen LogP contribution in [0.3, 0.4) is 0 Å². The van der Waals surface area contributed by atoms with Crippen molar-refractivity contribution in [3.05, 3.63) is 64.2 Å². The number of hydrogen-bond donors (Lipinski definition) is 1. The highest BCUT2D eigenvalue weighted by Crippen LogP contribution is 2.24. The van der Waals surface area contributed by atoms with E-state index in [4.69, 9.17) is 22.7 Å². The van der Waals surface area contributed by atoms with Crippen molar-refractivity contribution in [2.24, 2.45) is 10.7 Å². The summed E-state index contributed by atoms with van der Waals surface area (Å²) in [5.41, 5.74) is 11.6. The summed E-state index contributed by atoms with van der Waals surface area (Å²) in [5, 5.41) is 0.117. The van der Waals surface area contributed by atoms with E-state index in [1.54, 1.807) is 0 Å². The summed E-state index contributed by atoms with van der Waals surface area (Å²) in [6, 6.07) is 12.1. The summed E-state index contributed by atoms with van der Waals surface area (Å²) >= 11 is 5.31. The number of aliphatic imine (C=N–C) groups is 1. The van der Waals surface area contributed by atoms with Gasteiger partial charge in [0.2, 0.25) is 0 Å². The average molecular weight is 427 g/mol. The summed E-state index contributed by atoms with van der Waals surface area (Å²) in [6.07, 6.45) is 1.000. The zero-order valence-electron chi connectivity index (χ0n) is 19.0. The second-order valence-corrected chi connectivity index (χ2v) is 8.48. The maximum atomic E-state index is 6.08. The molecule has 162 valence electrons. The molecule has 0 bridgehead atoms. The van der Waals surface area contributed by atoms with Crippen molar-refractivity contribution < 1.29 is 4.74 Å². The van der Waals surface area contributed by atoms with E-state index in [2.05, 4.69) is 48.9 Å². The molecule has 2 aromatic rings. The van der Waals surface area contributed by atoms with Gasteiger partial charge in [-0.2, -0.15) is 4.99 Å². The third kappa shape index (κ3) is 7.52. The molecule has 5 nitrogen and oxygen atoms in total. The molecular formula is C24H34N4OS. The lowest BCUT2D eigenvalue weighted by atomic mass is 10.0. The van der Waals surface area contributed by atoms with Crippen LogP contribution < -0.4 is 10.5 Å². The van der Waals surface area contributed by atoms with Crippen molar-refractivity contribution in [1.82, 2.24) is 9.80 Å². The van der Waals surface area contributed by atoms with Crippen LogP contribution >= 0.6 is 12.2 Å². The molecule has 0 saturated carbocycles. The summed E-state index contributed by atoms with van der Waals surface area (Å²) in [5.74, 6) is 1.08. The Morgan fingerprint density at radius 1 is 0.967 bits per heavy atom. The number of nitrogens with two attached hydrogens (primary N) is 1. The van der Waals surface area contributed by atoms with Gasteiger partial charge in [-0.05, 0) is 83.3 Å². The second kappa shape index (κ2) is 11.2. The molecule has 0 radical (unpaired) electrons. The SMILES string of the molecule is Cc1ccc(C(N)=NC(=S)Oc2cc(C)c(CCN(C)CCN(C)C)cc2C)cc1. The molecule has 0 saturated heterocycles. The van der Waals surface area contributed by atoms with Crippen LogP contribution in [0, 0.1) is 20.8 Å². The molecular weight excluding hydrogens is 392 g/mol. The number of thiocarbonyl (C=S) groups is 1. The number of likely N-dealkylation sites (N-methyl/N-ethyl adjacent to an activating group) is 2. The van der Waals surface area contributed by atoms with Crippen molar-refractivity contribution in [1.29, 1.82) is 0 Å². The molecule has 2 aromatic carbocycles. The van der Waals surface area contributed by atoms with E-state index in [1.807, 2.05) is 44.2 Å². The lowest BCUT2D eigenvalue weighted by molar-refractivity contribution is 0.284. The number of amidine groups is 1. The lowest BCUT2D eigenvalue weighted by Crippen LogP contribution is -2.30. The molecule has 0 unspecified atom stereocenters. The highest BCUT2D eigenvalue weighted by molar-refractivity contribution is 7.80. The fourth-order valence-electron chi connectivity index (χ4n) is 3.03. The van der Waals surface area contributed by atoms with Gasteiger partial charge in [0.15, 0.2) is 0 Å². The Morgan fingerprint density at radius 3 is 2.27 bits per heavy atom. The first-order valence-electron chi connectivity index (χ1n) is 10.2. The smallest absolute Gasteiger partial charge is 0.290 e. The van der Waals surface area contributed by atoms with E-state index >= 15 is 0 Å². The van der Waals surface area contributed by atoms with Gasteiger partial charge in [-0.3, -0.25) is 0 Å². The zero-order chi connectivity index (χ0) is 22.3. The van der Waals surface area contributed by atoms with Gasteiger partial charge in [-0.15, -0.1) is 0 Å². The predicted octanol–water partition coefficient (Wildman–Crippen LogP) is 3.72. The Hall–Kier alpha value is -2.28. The van der Waals surface area contributed by atoms with E-state index in [1.165, 1.54) is 16.7 Å². The molecule has 2 rings (SSSR count). The van der Waals surface area contributed by atoms with E-state index in [-0.39, 0.29) is 5.17 Å². The van der Waals surface area contributed by atoms with Crippen LogP contribution in [-0.2, 0) is 6.42 Å². The molecule has 30 heavy (non-hydrogen) atoms. The highest BCUT2D eigenvalue weighted by atomic mass is 32.1. The number of ether oxygens (including phenoxy) is 1. The number of nitrogens with zero attached hydrogens (tertiary/aromatic N) is 3. The van der Waals surface area contributed by atoms with Crippen molar-refractivity contribution >= 4 is 23.2 Å². The van der Waals surface area contributed by atoms with Crippen LogP contribution in [0.5, 0.6) is 5.75 Å². The largest absolute Gasteiger partial charge is 0.430 e. The standard InChI is InChI=1S/C24H34N4OS/c1-17-7-9-20(10-8-17)23(25)26-24(30)29-22-16-18(2)21(15-19(22)3)11-12-28(6)14-13-27(4)5/h7-10,15-16H,11-14H2,1-6H3,(H2,25,26,30). The van der Waals surface area contributed by atoms with Gasteiger partial charge in [0, 0.05) is 25.2 Å². The second-order valence-electron chi connectivity index (χ2n) is 8.13. The summed E-state index contributed by atoms with van der Waals surface area (Å²) in [4.78, 5) is 8.81. The van der Waals surface area contributed by atoms with Gasteiger partial charge in [0.25, 0.3) is 5.17 Å².